The zero-order valence-corrected chi connectivity index (χ0v) is 21.9. The zero-order valence-electron chi connectivity index (χ0n) is 16.6. The van der Waals surface area contributed by atoms with Crippen LogP contribution >= 0.6 is 0 Å². The van der Waals surface area contributed by atoms with Crippen LogP contribution in [-0.2, 0) is 68.2 Å². The first-order valence-corrected chi connectivity index (χ1v) is 12.3. The standard InChI is InChI=1S/C17H15N3O9S3.Y/c1-29-32(27,28)14-7-9-6-12(31(24,25)26)8-13(21)15(9)16(18)17(14)20-19-10-2-4-11(5-3-10)30(22)23;/h2-8,21H,18H2,1H3,(H,22,23)(H,24,25,26);/q;+3/p-1. The minimum absolute atomic E-state index is 0. The van der Waals surface area contributed by atoms with E-state index >= 15 is 0 Å². The van der Waals surface area contributed by atoms with E-state index in [1.54, 1.807) is 0 Å². The maximum atomic E-state index is 12.4. The number of nitrogens with zero attached hydrogens (tertiary/aromatic N) is 2. The molecule has 0 amide bonds. The summed E-state index contributed by atoms with van der Waals surface area (Å²) >= 11 is -2.45. The molecule has 3 aromatic carbocycles. The van der Waals surface area contributed by atoms with E-state index in [-0.39, 0.29) is 59.8 Å². The molecule has 0 heterocycles. The first-order valence-electron chi connectivity index (χ1n) is 8.33. The van der Waals surface area contributed by atoms with Gasteiger partial charge in [-0.2, -0.15) is 21.9 Å². The first-order chi connectivity index (χ1) is 14.8. The normalized spacial score (nSPS) is 13.2. The van der Waals surface area contributed by atoms with Crippen LogP contribution in [0.1, 0.15) is 0 Å². The van der Waals surface area contributed by atoms with Crippen LogP contribution in [0.3, 0.4) is 0 Å². The van der Waals surface area contributed by atoms with E-state index in [2.05, 4.69) is 14.4 Å². The summed E-state index contributed by atoms with van der Waals surface area (Å²) in [6.45, 7) is 0. The maximum absolute atomic E-state index is 12.4. The average molecular weight is 589 g/mol. The molecule has 1 unspecified atom stereocenters. The molecule has 0 radical (unpaired) electrons. The Balaban J connectivity index is 0.00000385. The number of hydrogen-bond donors (Lipinski definition) is 3. The van der Waals surface area contributed by atoms with Gasteiger partial charge < -0.3 is 15.4 Å². The monoisotopic (exact) mass is 589 g/mol. The van der Waals surface area contributed by atoms with E-state index in [0.29, 0.717) is 0 Å². The number of rotatable bonds is 6. The third-order valence-electron chi connectivity index (χ3n) is 4.25. The van der Waals surface area contributed by atoms with Crippen molar-refractivity contribution in [3.8, 4) is 5.75 Å². The Kier molecular flexibility index (Phi) is 8.46. The van der Waals surface area contributed by atoms with Crippen molar-refractivity contribution in [2.45, 2.75) is 14.7 Å². The van der Waals surface area contributed by atoms with E-state index in [1.165, 1.54) is 24.3 Å². The van der Waals surface area contributed by atoms with Gasteiger partial charge >= 0.3 is 32.7 Å². The second-order valence-electron chi connectivity index (χ2n) is 6.20. The SMILES string of the molecule is COS(=O)(=O)c1cc2cc(S(=O)(=O)O)cc(O)c2c(N)c1N=Nc1ccc(S(=O)[O-])cc1.[Y+3]. The second-order valence-corrected chi connectivity index (χ2v) is 10.2. The van der Waals surface area contributed by atoms with Crippen molar-refractivity contribution in [3.63, 3.8) is 0 Å². The summed E-state index contributed by atoms with van der Waals surface area (Å²) in [4.78, 5) is -1.28. The van der Waals surface area contributed by atoms with Crippen LogP contribution in [0.5, 0.6) is 5.75 Å². The maximum Gasteiger partial charge on any atom is 3.00 e. The summed E-state index contributed by atoms with van der Waals surface area (Å²) < 4.78 is 83.4. The van der Waals surface area contributed by atoms with Crippen molar-refractivity contribution >= 4 is 59.2 Å². The molecule has 170 valence electrons. The van der Waals surface area contributed by atoms with Crippen LogP contribution in [0.15, 0.2) is 67.4 Å². The number of nitrogen functional groups attached to an aromatic ring is 1. The first kappa shape index (κ1) is 27.4. The summed E-state index contributed by atoms with van der Waals surface area (Å²) in [5, 5.41) is 17.7. The van der Waals surface area contributed by atoms with Gasteiger partial charge in [0.15, 0.2) is 0 Å². The minimum atomic E-state index is -4.72. The summed E-state index contributed by atoms with van der Waals surface area (Å²) in [5.74, 6) is -0.660. The average Bonchev–Trinajstić information content (AvgIpc) is 2.72. The number of phenols is 1. The van der Waals surface area contributed by atoms with Crippen LogP contribution in [0, 0.1) is 0 Å². The minimum Gasteiger partial charge on any atom is -0.768 e. The van der Waals surface area contributed by atoms with E-state index in [0.717, 1.165) is 25.3 Å². The van der Waals surface area contributed by atoms with Gasteiger partial charge in [-0.25, -0.2) is 0 Å². The molecule has 0 fully saturated rings. The number of aromatic hydroxyl groups is 1. The summed E-state index contributed by atoms with van der Waals surface area (Å²) in [6, 6.07) is 7.72. The van der Waals surface area contributed by atoms with Crippen molar-refractivity contribution in [1.82, 2.24) is 0 Å². The van der Waals surface area contributed by atoms with Crippen LogP contribution < -0.4 is 5.73 Å². The third kappa shape index (κ3) is 5.81. The predicted octanol–water partition coefficient (Wildman–Crippen LogP) is 2.36. The predicted molar refractivity (Wildman–Crippen MR) is 112 cm³/mol. The largest absolute Gasteiger partial charge is 3.00 e. The molecule has 0 saturated heterocycles. The van der Waals surface area contributed by atoms with E-state index in [4.69, 9.17) is 5.73 Å². The topological polar surface area (TPSA) is 209 Å². The zero-order chi connectivity index (χ0) is 23.8. The Labute approximate surface area is 215 Å². The van der Waals surface area contributed by atoms with Gasteiger partial charge in [0.1, 0.15) is 16.3 Å². The van der Waals surface area contributed by atoms with Gasteiger partial charge in [-0.1, -0.05) is 0 Å². The van der Waals surface area contributed by atoms with Crippen molar-refractivity contribution < 1.29 is 72.1 Å². The molecule has 0 saturated carbocycles. The second kappa shape index (κ2) is 10.2. The molecule has 12 nitrogen and oxygen atoms in total. The van der Waals surface area contributed by atoms with Gasteiger partial charge in [0.05, 0.1) is 23.4 Å². The number of phenolic OH excluding ortho intramolecular Hbond substituents is 1. The number of azo groups is 1. The van der Waals surface area contributed by atoms with Crippen LogP contribution in [0.25, 0.3) is 10.8 Å². The van der Waals surface area contributed by atoms with Crippen molar-refractivity contribution in [2.24, 2.45) is 10.2 Å². The molecule has 0 aliphatic carbocycles. The number of anilines is 1. The molecule has 0 spiro atoms. The molecule has 0 aliphatic rings. The molecule has 0 bridgehead atoms. The Morgan fingerprint density at radius 3 is 2.18 bits per heavy atom. The van der Waals surface area contributed by atoms with Gasteiger partial charge in [0, 0.05) is 16.3 Å². The fourth-order valence-electron chi connectivity index (χ4n) is 2.75. The summed E-state index contributed by atoms with van der Waals surface area (Å²) in [6.07, 6.45) is 0. The fraction of sp³-hybridized carbons (Fsp3) is 0.0588. The summed E-state index contributed by atoms with van der Waals surface area (Å²) in [7, 11) is -8.27. The molecular weight excluding hydrogens is 575 g/mol. The Morgan fingerprint density at radius 2 is 1.67 bits per heavy atom. The van der Waals surface area contributed by atoms with Crippen LogP contribution in [0.4, 0.5) is 17.1 Å². The van der Waals surface area contributed by atoms with Crippen molar-refractivity contribution in [3.05, 3.63) is 42.5 Å². The van der Waals surface area contributed by atoms with Gasteiger partial charge in [-0.3, -0.25) is 12.9 Å². The number of nitrogens with two attached hydrogens (primary N) is 1. The Morgan fingerprint density at radius 1 is 1.06 bits per heavy atom. The van der Waals surface area contributed by atoms with Gasteiger partial charge in [-0.15, -0.1) is 5.11 Å². The molecule has 1 atom stereocenters. The van der Waals surface area contributed by atoms with Gasteiger partial charge in [0.2, 0.25) is 0 Å². The van der Waals surface area contributed by atoms with E-state index in [9.17, 15) is 35.3 Å². The number of fused-ring (bicyclic) bond motifs is 1. The van der Waals surface area contributed by atoms with E-state index < -0.39 is 52.5 Å². The molecule has 3 aromatic rings. The fourth-order valence-corrected chi connectivity index (χ4v) is 4.49. The third-order valence-corrected chi connectivity index (χ3v) is 7.02. The van der Waals surface area contributed by atoms with Crippen LogP contribution in [-0.4, -0.2) is 42.4 Å². The van der Waals surface area contributed by atoms with Gasteiger partial charge in [-0.05, 0) is 52.9 Å². The van der Waals surface area contributed by atoms with Crippen molar-refractivity contribution in [2.75, 3.05) is 12.8 Å². The molecule has 16 heteroatoms. The smallest absolute Gasteiger partial charge is 0.768 e. The molecule has 3 rings (SSSR count). The van der Waals surface area contributed by atoms with E-state index in [1.807, 2.05) is 0 Å². The quantitative estimate of drug-likeness (QED) is 0.126. The van der Waals surface area contributed by atoms with Gasteiger partial charge in [0.25, 0.3) is 20.2 Å². The van der Waals surface area contributed by atoms with Crippen molar-refractivity contribution in [1.29, 1.82) is 0 Å². The Hall–Kier alpha value is -1.85. The molecular formula is C17H14N3O9S3Y+2. The molecule has 0 aromatic heterocycles. The summed E-state index contributed by atoms with van der Waals surface area (Å²) in [5.41, 5.74) is 5.42. The number of hydrogen-bond acceptors (Lipinski definition) is 11. The Bertz CT molecular complexity index is 1490. The molecule has 33 heavy (non-hydrogen) atoms. The van der Waals surface area contributed by atoms with Crippen LogP contribution in [0.2, 0.25) is 0 Å². The molecule has 0 aliphatic heterocycles. The molecule has 4 N–H and O–H groups in total. The number of benzene rings is 3.